The van der Waals surface area contributed by atoms with Gasteiger partial charge in [0.05, 0.1) is 12.6 Å². The van der Waals surface area contributed by atoms with Crippen LogP contribution in [-0.2, 0) is 22.7 Å². The van der Waals surface area contributed by atoms with Crippen LogP contribution in [0.2, 0.25) is 0 Å². The van der Waals surface area contributed by atoms with Crippen molar-refractivity contribution in [3.05, 3.63) is 64.7 Å². The fraction of sp³-hybridized carbons (Fsp3) is 0.238. The molecule has 5 N–H and O–H groups in total. The van der Waals surface area contributed by atoms with Crippen LogP contribution in [0.15, 0.2) is 47.6 Å². The molecule has 2 aromatic rings. The number of nitrogens with zero attached hydrogens (tertiary/aromatic N) is 2. The van der Waals surface area contributed by atoms with Crippen molar-refractivity contribution in [1.82, 2.24) is 10.2 Å². The number of hydrogen-bond acceptors (Lipinski definition) is 6. The van der Waals surface area contributed by atoms with Crippen LogP contribution in [0.5, 0.6) is 0 Å². The Bertz CT molecular complexity index is 987. The highest BCUT2D eigenvalue weighted by atomic mass is 16.4. The Labute approximate surface area is 173 Å². The van der Waals surface area contributed by atoms with Gasteiger partial charge in [-0.2, -0.15) is 5.10 Å². The second-order valence-electron chi connectivity index (χ2n) is 7.06. The molecule has 9 nitrogen and oxygen atoms in total. The number of amides is 2. The van der Waals surface area contributed by atoms with E-state index in [0.29, 0.717) is 24.3 Å². The molecular weight excluding hydrogens is 386 g/mol. The van der Waals surface area contributed by atoms with Gasteiger partial charge in [-0.05, 0) is 28.8 Å². The number of carbonyl (C=O) groups excluding carboxylic acids is 2. The van der Waals surface area contributed by atoms with Gasteiger partial charge in [-0.3, -0.25) is 14.4 Å². The molecule has 0 radical (unpaired) electrons. The average molecular weight is 409 g/mol. The van der Waals surface area contributed by atoms with Crippen molar-refractivity contribution >= 4 is 29.7 Å². The van der Waals surface area contributed by atoms with Crippen LogP contribution >= 0.6 is 0 Å². The van der Waals surface area contributed by atoms with Crippen molar-refractivity contribution in [2.75, 3.05) is 12.4 Å². The largest absolute Gasteiger partial charge is 0.481 e. The number of anilines is 1. The number of rotatable bonds is 6. The maximum atomic E-state index is 12.6. The molecule has 2 amide bonds. The molecule has 1 aliphatic heterocycles. The predicted molar refractivity (Wildman–Crippen MR) is 112 cm³/mol. The topological polar surface area (TPSA) is 137 Å². The van der Waals surface area contributed by atoms with E-state index in [1.165, 1.54) is 11.1 Å². The van der Waals surface area contributed by atoms with Gasteiger partial charge in [0.15, 0.2) is 0 Å². The van der Waals surface area contributed by atoms with Crippen molar-refractivity contribution < 1.29 is 19.5 Å². The summed E-state index contributed by atoms with van der Waals surface area (Å²) in [5.41, 5.74) is 3.59. The minimum Gasteiger partial charge on any atom is -0.481 e. The number of likely N-dealkylation sites (N-methyl/N-ethyl adjacent to an activating group) is 1. The molecule has 3 rings (SSSR count). The lowest BCUT2D eigenvalue weighted by Gasteiger charge is -2.19. The van der Waals surface area contributed by atoms with Gasteiger partial charge < -0.3 is 26.5 Å². The lowest BCUT2D eigenvalue weighted by molar-refractivity contribution is -0.141. The van der Waals surface area contributed by atoms with E-state index in [2.05, 4.69) is 15.7 Å². The number of nitrogens with one attached hydrogen (secondary N) is 2. The first-order chi connectivity index (χ1) is 14.4. The summed E-state index contributed by atoms with van der Waals surface area (Å²) in [6.45, 7) is 0.671. The van der Waals surface area contributed by atoms with Gasteiger partial charge in [0.2, 0.25) is 5.91 Å². The minimum atomic E-state index is -1.07. The van der Waals surface area contributed by atoms with Crippen LogP contribution in [-0.4, -0.2) is 47.1 Å². The van der Waals surface area contributed by atoms with Crippen LogP contribution in [0.25, 0.3) is 0 Å². The number of hydrogen-bond donors (Lipinski definition) is 4. The first-order valence-electron chi connectivity index (χ1n) is 9.34. The number of fused-ring (bicyclic) bond motifs is 1. The number of aliphatic carboxylic acids is 1. The first kappa shape index (κ1) is 20.8. The molecule has 156 valence electrons. The monoisotopic (exact) mass is 409 g/mol. The van der Waals surface area contributed by atoms with Crippen molar-refractivity contribution in [2.45, 2.75) is 25.6 Å². The zero-order valence-electron chi connectivity index (χ0n) is 16.5. The van der Waals surface area contributed by atoms with Crippen LogP contribution in [0.3, 0.4) is 0 Å². The summed E-state index contributed by atoms with van der Waals surface area (Å²) in [6.07, 6.45) is 1.19. The SMILES string of the molecule is CN1Cc2ccc(C(=O)NCc3ccc(C=NN)cc3)cc2NC(CC(=O)O)C1=O. The van der Waals surface area contributed by atoms with Gasteiger partial charge >= 0.3 is 5.97 Å². The van der Waals surface area contributed by atoms with E-state index in [0.717, 1.165) is 16.7 Å². The summed E-state index contributed by atoms with van der Waals surface area (Å²) >= 11 is 0. The van der Waals surface area contributed by atoms with Gasteiger partial charge in [0, 0.05) is 31.4 Å². The lowest BCUT2D eigenvalue weighted by Crippen LogP contribution is -2.39. The summed E-state index contributed by atoms with van der Waals surface area (Å²) < 4.78 is 0. The van der Waals surface area contributed by atoms with E-state index in [1.807, 2.05) is 24.3 Å². The Hall–Kier alpha value is -3.88. The molecule has 0 aromatic heterocycles. The Balaban J connectivity index is 1.72. The van der Waals surface area contributed by atoms with Gasteiger partial charge in [-0.25, -0.2) is 0 Å². The third-order valence-corrected chi connectivity index (χ3v) is 4.82. The van der Waals surface area contributed by atoms with E-state index in [9.17, 15) is 14.4 Å². The van der Waals surface area contributed by atoms with Crippen LogP contribution in [0.4, 0.5) is 5.69 Å². The summed E-state index contributed by atoms with van der Waals surface area (Å²) in [6, 6.07) is 11.6. The van der Waals surface area contributed by atoms with Crippen molar-refractivity contribution in [3.63, 3.8) is 0 Å². The third kappa shape index (κ3) is 4.93. The van der Waals surface area contributed by atoms with Crippen molar-refractivity contribution in [2.24, 2.45) is 10.9 Å². The minimum absolute atomic E-state index is 0.272. The van der Waals surface area contributed by atoms with Crippen LogP contribution in [0, 0.1) is 0 Å². The number of carboxylic acids is 1. The zero-order chi connectivity index (χ0) is 21.7. The molecule has 1 atom stereocenters. The summed E-state index contributed by atoms with van der Waals surface area (Å²) in [7, 11) is 1.62. The lowest BCUT2D eigenvalue weighted by atomic mass is 10.1. The standard InChI is InChI=1S/C21H23N5O4/c1-26-12-16-7-6-15(8-17(16)25-18(21(26)30)9-19(27)28)20(29)23-10-13-2-4-14(5-3-13)11-24-22/h2-8,11,18,25H,9-10,12,22H2,1H3,(H,23,29)(H,27,28). The van der Waals surface area contributed by atoms with E-state index < -0.39 is 12.0 Å². The third-order valence-electron chi connectivity index (χ3n) is 4.82. The summed E-state index contributed by atoms with van der Waals surface area (Å²) in [5.74, 6) is 3.47. The van der Waals surface area contributed by atoms with Crippen molar-refractivity contribution in [3.8, 4) is 0 Å². The van der Waals surface area contributed by atoms with Gasteiger partial charge in [0.1, 0.15) is 6.04 Å². The Kier molecular flexibility index (Phi) is 6.31. The second kappa shape index (κ2) is 9.08. The first-order valence-corrected chi connectivity index (χ1v) is 9.34. The Morgan fingerprint density at radius 2 is 2.03 bits per heavy atom. The highest BCUT2D eigenvalue weighted by Gasteiger charge is 2.29. The molecule has 0 saturated heterocycles. The summed E-state index contributed by atoms with van der Waals surface area (Å²) in [5, 5.41) is 18.4. The highest BCUT2D eigenvalue weighted by molar-refractivity contribution is 5.96. The van der Waals surface area contributed by atoms with Crippen LogP contribution < -0.4 is 16.5 Å². The number of carbonyl (C=O) groups is 3. The van der Waals surface area contributed by atoms with E-state index in [1.54, 1.807) is 25.2 Å². The number of nitrogens with two attached hydrogens (primary N) is 1. The zero-order valence-corrected chi connectivity index (χ0v) is 16.5. The summed E-state index contributed by atoms with van der Waals surface area (Å²) in [4.78, 5) is 37.6. The number of carboxylic acid groups (broad SMARTS) is 1. The van der Waals surface area contributed by atoms with Gasteiger partial charge in [-0.15, -0.1) is 0 Å². The highest BCUT2D eigenvalue weighted by Crippen LogP contribution is 2.25. The van der Waals surface area contributed by atoms with E-state index >= 15 is 0 Å². The molecule has 9 heteroatoms. The molecule has 0 saturated carbocycles. The molecule has 1 aliphatic rings. The molecule has 0 aliphatic carbocycles. The molecule has 1 heterocycles. The average Bonchev–Trinajstić information content (AvgIpc) is 2.83. The molecular formula is C21H23N5O4. The fourth-order valence-electron chi connectivity index (χ4n) is 3.24. The van der Waals surface area contributed by atoms with E-state index in [-0.39, 0.29) is 18.2 Å². The number of hydrazone groups is 1. The van der Waals surface area contributed by atoms with Crippen molar-refractivity contribution in [1.29, 1.82) is 0 Å². The molecule has 0 fully saturated rings. The van der Waals surface area contributed by atoms with E-state index in [4.69, 9.17) is 10.9 Å². The van der Waals surface area contributed by atoms with Gasteiger partial charge in [-0.1, -0.05) is 30.3 Å². The predicted octanol–water partition coefficient (Wildman–Crippen LogP) is 1.14. The van der Waals surface area contributed by atoms with Gasteiger partial charge in [0.25, 0.3) is 5.91 Å². The molecule has 0 spiro atoms. The molecule has 0 bridgehead atoms. The second-order valence-corrected chi connectivity index (χ2v) is 7.06. The maximum absolute atomic E-state index is 12.6. The number of benzene rings is 2. The molecule has 2 aromatic carbocycles. The maximum Gasteiger partial charge on any atom is 0.305 e. The van der Waals surface area contributed by atoms with Crippen LogP contribution in [0.1, 0.15) is 33.5 Å². The Morgan fingerprint density at radius 3 is 2.70 bits per heavy atom. The quantitative estimate of drug-likeness (QED) is 0.321. The molecule has 30 heavy (non-hydrogen) atoms. The normalized spacial score (nSPS) is 16.0. The molecule has 1 unspecified atom stereocenters. The fourth-order valence-corrected chi connectivity index (χ4v) is 3.24. The smallest absolute Gasteiger partial charge is 0.305 e. The Morgan fingerprint density at radius 1 is 1.30 bits per heavy atom.